The van der Waals surface area contributed by atoms with Crippen molar-refractivity contribution in [1.29, 1.82) is 0 Å². The van der Waals surface area contributed by atoms with Gasteiger partial charge in [-0.15, -0.1) is 0 Å². The summed E-state index contributed by atoms with van der Waals surface area (Å²) in [4.78, 5) is 37.4. The van der Waals surface area contributed by atoms with Gasteiger partial charge in [0.05, 0.1) is 19.6 Å². The summed E-state index contributed by atoms with van der Waals surface area (Å²) < 4.78 is 0. The fourth-order valence-corrected chi connectivity index (χ4v) is 2.01. The molecule has 0 atom stereocenters. The number of carboxylic acids is 1. The lowest BCUT2D eigenvalue weighted by Gasteiger charge is -2.24. The molecule has 1 rings (SSSR count). The summed E-state index contributed by atoms with van der Waals surface area (Å²) in [6.45, 7) is 4.31. The van der Waals surface area contributed by atoms with Crippen molar-refractivity contribution in [3.63, 3.8) is 0 Å². The third-order valence-corrected chi connectivity index (χ3v) is 3.09. The average molecular weight is 299 g/mol. The smallest absolute Gasteiger partial charge is 0.317 e. The van der Waals surface area contributed by atoms with E-state index in [0.717, 1.165) is 12.8 Å². The summed E-state index contributed by atoms with van der Waals surface area (Å²) in [5.74, 6) is -1.11. The van der Waals surface area contributed by atoms with Gasteiger partial charge in [-0.1, -0.05) is 13.8 Å². The summed E-state index contributed by atoms with van der Waals surface area (Å²) >= 11 is 0. The Hall–Kier alpha value is -1.63. The van der Waals surface area contributed by atoms with Crippen molar-refractivity contribution < 1.29 is 19.5 Å². The zero-order chi connectivity index (χ0) is 16.0. The van der Waals surface area contributed by atoms with Crippen molar-refractivity contribution in [2.75, 3.05) is 33.2 Å². The van der Waals surface area contributed by atoms with Crippen LogP contribution >= 0.6 is 0 Å². The maximum Gasteiger partial charge on any atom is 0.317 e. The Morgan fingerprint density at radius 2 is 1.81 bits per heavy atom. The van der Waals surface area contributed by atoms with Gasteiger partial charge in [-0.05, 0) is 18.8 Å². The molecule has 0 aromatic rings. The second-order valence-corrected chi connectivity index (χ2v) is 6.05. The predicted octanol–water partition coefficient (Wildman–Crippen LogP) is -0.234. The Labute approximate surface area is 125 Å². The van der Waals surface area contributed by atoms with E-state index >= 15 is 0 Å². The molecule has 1 fully saturated rings. The van der Waals surface area contributed by atoms with Crippen LogP contribution in [0.5, 0.6) is 0 Å². The number of nitrogens with one attached hydrogen (secondary N) is 1. The third-order valence-electron chi connectivity index (χ3n) is 3.09. The van der Waals surface area contributed by atoms with Crippen molar-refractivity contribution in [3.8, 4) is 0 Å². The maximum absolute atomic E-state index is 12.1. The molecule has 21 heavy (non-hydrogen) atoms. The first kappa shape index (κ1) is 17.4. The van der Waals surface area contributed by atoms with Gasteiger partial charge in [0.15, 0.2) is 0 Å². The predicted molar refractivity (Wildman–Crippen MR) is 77.7 cm³/mol. The number of hydrogen-bond acceptors (Lipinski definition) is 4. The Bertz CT molecular complexity index is 394. The van der Waals surface area contributed by atoms with Gasteiger partial charge in [0, 0.05) is 19.6 Å². The molecule has 0 heterocycles. The number of nitrogens with zero attached hydrogens (tertiary/aromatic N) is 2. The molecule has 2 amide bonds. The van der Waals surface area contributed by atoms with Gasteiger partial charge in [-0.2, -0.15) is 0 Å². The zero-order valence-electron chi connectivity index (χ0n) is 13.0. The molecule has 120 valence electrons. The van der Waals surface area contributed by atoms with Crippen LogP contribution in [-0.4, -0.2) is 72.0 Å². The van der Waals surface area contributed by atoms with Gasteiger partial charge in [-0.25, -0.2) is 0 Å². The summed E-state index contributed by atoms with van der Waals surface area (Å²) in [5, 5.41) is 11.7. The highest BCUT2D eigenvalue weighted by Crippen LogP contribution is 2.18. The number of amides is 2. The maximum atomic E-state index is 12.1. The second-order valence-electron chi connectivity index (χ2n) is 6.05. The Morgan fingerprint density at radius 3 is 2.29 bits per heavy atom. The fourth-order valence-electron chi connectivity index (χ4n) is 2.01. The number of carboxylic acid groups (broad SMARTS) is 1. The summed E-state index contributed by atoms with van der Waals surface area (Å²) in [6.07, 6.45) is 2.01. The van der Waals surface area contributed by atoms with Crippen LogP contribution < -0.4 is 5.32 Å². The number of likely N-dealkylation sites (N-methyl/N-ethyl adjacent to an activating group) is 1. The van der Waals surface area contributed by atoms with E-state index in [4.69, 9.17) is 5.11 Å². The van der Waals surface area contributed by atoms with E-state index in [1.807, 2.05) is 13.8 Å². The fraction of sp³-hybridized carbons (Fsp3) is 0.786. The quantitative estimate of drug-likeness (QED) is 0.613. The largest absolute Gasteiger partial charge is 0.480 e. The van der Waals surface area contributed by atoms with E-state index in [-0.39, 0.29) is 43.4 Å². The van der Waals surface area contributed by atoms with Crippen LogP contribution in [0.3, 0.4) is 0 Å². The third kappa shape index (κ3) is 7.65. The first-order valence-corrected chi connectivity index (χ1v) is 7.25. The van der Waals surface area contributed by atoms with Crippen molar-refractivity contribution in [2.45, 2.75) is 32.7 Å². The summed E-state index contributed by atoms with van der Waals surface area (Å²) in [5.41, 5.74) is 0. The molecule has 0 aromatic heterocycles. The van der Waals surface area contributed by atoms with Crippen LogP contribution in [-0.2, 0) is 14.4 Å². The molecule has 0 unspecified atom stereocenters. The lowest BCUT2D eigenvalue weighted by Crippen LogP contribution is -2.45. The number of rotatable bonds is 9. The van der Waals surface area contributed by atoms with Gasteiger partial charge in [0.2, 0.25) is 11.8 Å². The van der Waals surface area contributed by atoms with E-state index in [9.17, 15) is 14.4 Å². The van der Waals surface area contributed by atoms with E-state index in [1.165, 1.54) is 4.90 Å². The van der Waals surface area contributed by atoms with Crippen molar-refractivity contribution in [3.05, 3.63) is 0 Å². The highest BCUT2D eigenvalue weighted by Gasteiger charge is 2.25. The highest BCUT2D eigenvalue weighted by molar-refractivity contribution is 5.86. The Morgan fingerprint density at radius 1 is 1.19 bits per heavy atom. The number of hydrogen-bond donors (Lipinski definition) is 2. The molecular formula is C14H25N3O4. The first-order valence-electron chi connectivity index (χ1n) is 7.25. The van der Waals surface area contributed by atoms with Gasteiger partial charge >= 0.3 is 5.97 Å². The van der Waals surface area contributed by atoms with E-state index < -0.39 is 5.97 Å². The molecule has 1 aliphatic carbocycles. The Kier molecular flexibility index (Phi) is 6.61. The minimum Gasteiger partial charge on any atom is -0.480 e. The van der Waals surface area contributed by atoms with Crippen LogP contribution in [0.4, 0.5) is 0 Å². The van der Waals surface area contributed by atoms with Gasteiger partial charge in [-0.3, -0.25) is 19.3 Å². The van der Waals surface area contributed by atoms with E-state index in [0.29, 0.717) is 6.54 Å². The molecular weight excluding hydrogens is 274 g/mol. The normalized spacial score (nSPS) is 14.3. The molecule has 1 aliphatic rings. The summed E-state index contributed by atoms with van der Waals surface area (Å²) in [7, 11) is 1.56. The number of carbonyl (C=O) groups is 3. The molecule has 7 nitrogen and oxygen atoms in total. The van der Waals surface area contributed by atoms with Crippen molar-refractivity contribution in [2.24, 2.45) is 5.92 Å². The van der Waals surface area contributed by atoms with Crippen LogP contribution in [0.25, 0.3) is 0 Å². The van der Waals surface area contributed by atoms with Crippen molar-refractivity contribution >= 4 is 17.8 Å². The topological polar surface area (TPSA) is 90.0 Å². The molecule has 0 spiro atoms. The standard InChI is InChI=1S/C14H25N3O4/c1-10(2)6-17(9-14(20)21)8-13(19)16(3)7-12(18)15-11-4-5-11/h10-11H,4-9H2,1-3H3,(H,15,18)(H,20,21). The molecule has 0 aromatic carbocycles. The first-order chi connectivity index (χ1) is 9.77. The zero-order valence-corrected chi connectivity index (χ0v) is 13.0. The number of carbonyl (C=O) groups excluding carboxylic acids is 2. The molecule has 2 N–H and O–H groups in total. The number of aliphatic carboxylic acids is 1. The molecule has 0 aliphatic heterocycles. The molecule has 0 saturated heterocycles. The molecule has 0 radical (unpaired) electrons. The van der Waals surface area contributed by atoms with Crippen LogP contribution in [0.2, 0.25) is 0 Å². The minimum absolute atomic E-state index is 0.0116. The van der Waals surface area contributed by atoms with E-state index in [2.05, 4.69) is 5.32 Å². The van der Waals surface area contributed by atoms with Crippen molar-refractivity contribution in [1.82, 2.24) is 15.1 Å². The van der Waals surface area contributed by atoms with Crippen LogP contribution in [0.15, 0.2) is 0 Å². The lowest BCUT2D eigenvalue weighted by atomic mass is 10.2. The molecule has 0 bridgehead atoms. The van der Waals surface area contributed by atoms with Gasteiger partial charge in [0.25, 0.3) is 0 Å². The summed E-state index contributed by atoms with van der Waals surface area (Å²) in [6, 6.07) is 0.269. The van der Waals surface area contributed by atoms with Crippen LogP contribution in [0, 0.1) is 5.92 Å². The van der Waals surface area contributed by atoms with Gasteiger partial charge in [0.1, 0.15) is 0 Å². The highest BCUT2D eigenvalue weighted by atomic mass is 16.4. The average Bonchev–Trinajstić information content (AvgIpc) is 3.10. The SMILES string of the molecule is CC(C)CN(CC(=O)O)CC(=O)N(C)CC(=O)NC1CC1. The Balaban J connectivity index is 2.42. The lowest BCUT2D eigenvalue weighted by molar-refractivity contribution is -0.140. The monoisotopic (exact) mass is 299 g/mol. The second kappa shape index (κ2) is 7.97. The minimum atomic E-state index is -0.961. The van der Waals surface area contributed by atoms with Gasteiger partial charge < -0.3 is 15.3 Å². The molecule has 7 heteroatoms. The molecule has 1 saturated carbocycles. The van der Waals surface area contributed by atoms with Crippen LogP contribution in [0.1, 0.15) is 26.7 Å². The van der Waals surface area contributed by atoms with E-state index in [1.54, 1.807) is 11.9 Å².